The Morgan fingerprint density at radius 3 is 2.39 bits per heavy atom. The Kier molecular flexibility index (Phi) is 6.31. The number of hydrogen-bond donors (Lipinski definition) is 1. The van der Waals surface area contributed by atoms with Gasteiger partial charge in [-0.15, -0.1) is 0 Å². The molecular formula is C26H21F3N2O2. The maximum absolute atomic E-state index is 13.3. The number of aromatic nitrogens is 1. The minimum atomic E-state index is -4.49. The van der Waals surface area contributed by atoms with E-state index in [2.05, 4.69) is 10.3 Å². The second-order valence-electron chi connectivity index (χ2n) is 7.37. The molecule has 0 fully saturated rings. The minimum absolute atomic E-state index is 0.00319. The van der Waals surface area contributed by atoms with Gasteiger partial charge in [0.2, 0.25) is 0 Å². The smallest absolute Gasteiger partial charge is 0.416 e. The van der Waals surface area contributed by atoms with Crippen LogP contribution in [-0.2, 0) is 12.7 Å². The lowest BCUT2D eigenvalue weighted by atomic mass is 10.0. The Hall–Kier alpha value is -3.87. The molecule has 1 heterocycles. The molecule has 4 nitrogen and oxygen atoms in total. The van der Waals surface area contributed by atoms with Crippen LogP contribution in [0.2, 0.25) is 0 Å². The predicted octanol–water partition coefficient (Wildman–Crippen LogP) is 6.25. The van der Waals surface area contributed by atoms with E-state index in [-0.39, 0.29) is 12.1 Å². The molecule has 0 aliphatic rings. The fourth-order valence-electron chi connectivity index (χ4n) is 3.62. The molecule has 3 aromatic carbocycles. The SMILES string of the molecule is CCOc1ccc(-c2cc(C(=O)NCc3ccccc3C(F)(F)F)c3ccccc3n2)cc1. The molecule has 7 heteroatoms. The summed E-state index contributed by atoms with van der Waals surface area (Å²) in [6.07, 6.45) is -4.49. The fourth-order valence-corrected chi connectivity index (χ4v) is 3.62. The van der Waals surface area contributed by atoms with E-state index in [1.165, 1.54) is 18.2 Å². The predicted molar refractivity (Wildman–Crippen MR) is 121 cm³/mol. The Balaban J connectivity index is 1.66. The second kappa shape index (κ2) is 9.32. The van der Waals surface area contributed by atoms with E-state index in [1.807, 2.05) is 37.3 Å². The summed E-state index contributed by atoms with van der Waals surface area (Å²) >= 11 is 0. The second-order valence-corrected chi connectivity index (χ2v) is 7.37. The molecule has 1 N–H and O–H groups in total. The van der Waals surface area contributed by atoms with Crippen molar-refractivity contribution in [1.29, 1.82) is 0 Å². The highest BCUT2D eigenvalue weighted by molar-refractivity contribution is 6.07. The average molecular weight is 450 g/mol. The van der Waals surface area contributed by atoms with E-state index in [4.69, 9.17) is 4.74 Å². The number of ether oxygens (including phenoxy) is 1. The van der Waals surface area contributed by atoms with Gasteiger partial charge in [-0.1, -0.05) is 36.4 Å². The lowest BCUT2D eigenvalue weighted by Gasteiger charge is -2.14. The maximum Gasteiger partial charge on any atom is 0.416 e. The van der Waals surface area contributed by atoms with E-state index in [0.717, 1.165) is 17.4 Å². The summed E-state index contributed by atoms with van der Waals surface area (Å²) in [4.78, 5) is 17.7. The normalized spacial score (nSPS) is 11.4. The van der Waals surface area contributed by atoms with Crippen molar-refractivity contribution in [3.05, 3.63) is 95.6 Å². The first-order valence-corrected chi connectivity index (χ1v) is 10.4. The number of nitrogens with one attached hydrogen (secondary N) is 1. The molecule has 0 aliphatic heterocycles. The van der Waals surface area contributed by atoms with Gasteiger partial charge in [-0.05, 0) is 55.0 Å². The largest absolute Gasteiger partial charge is 0.494 e. The highest BCUT2D eigenvalue weighted by atomic mass is 19.4. The van der Waals surface area contributed by atoms with Crippen molar-refractivity contribution in [2.75, 3.05) is 6.61 Å². The van der Waals surface area contributed by atoms with Crippen LogP contribution in [0, 0.1) is 0 Å². The molecular weight excluding hydrogens is 429 g/mol. The highest BCUT2D eigenvalue weighted by Crippen LogP contribution is 2.32. The first kappa shape index (κ1) is 22.3. The number of halogens is 3. The third kappa shape index (κ3) is 4.98. The highest BCUT2D eigenvalue weighted by Gasteiger charge is 2.32. The van der Waals surface area contributed by atoms with Crippen LogP contribution in [0.1, 0.15) is 28.4 Å². The van der Waals surface area contributed by atoms with Crippen LogP contribution in [-0.4, -0.2) is 17.5 Å². The Bertz CT molecular complexity index is 1280. The van der Waals surface area contributed by atoms with Gasteiger partial charge in [0, 0.05) is 17.5 Å². The van der Waals surface area contributed by atoms with E-state index in [9.17, 15) is 18.0 Å². The van der Waals surface area contributed by atoms with Crippen molar-refractivity contribution in [2.45, 2.75) is 19.6 Å². The molecule has 1 amide bonds. The zero-order chi connectivity index (χ0) is 23.4. The van der Waals surface area contributed by atoms with Gasteiger partial charge in [-0.25, -0.2) is 4.98 Å². The zero-order valence-corrected chi connectivity index (χ0v) is 17.8. The van der Waals surface area contributed by atoms with Crippen LogP contribution in [0.5, 0.6) is 5.75 Å². The number of fused-ring (bicyclic) bond motifs is 1. The fraction of sp³-hybridized carbons (Fsp3) is 0.154. The van der Waals surface area contributed by atoms with E-state index >= 15 is 0 Å². The molecule has 4 aromatic rings. The lowest BCUT2D eigenvalue weighted by molar-refractivity contribution is -0.138. The molecule has 0 bridgehead atoms. The summed E-state index contributed by atoms with van der Waals surface area (Å²) < 4.78 is 45.3. The third-order valence-electron chi connectivity index (χ3n) is 5.18. The van der Waals surface area contributed by atoms with E-state index in [0.29, 0.717) is 28.8 Å². The zero-order valence-electron chi connectivity index (χ0n) is 17.8. The number of benzene rings is 3. The Morgan fingerprint density at radius 2 is 1.67 bits per heavy atom. The third-order valence-corrected chi connectivity index (χ3v) is 5.18. The van der Waals surface area contributed by atoms with E-state index in [1.54, 1.807) is 24.3 Å². The number of pyridine rings is 1. The van der Waals surface area contributed by atoms with Crippen molar-refractivity contribution in [3.63, 3.8) is 0 Å². The first-order chi connectivity index (χ1) is 15.9. The Morgan fingerprint density at radius 1 is 0.970 bits per heavy atom. The molecule has 0 unspecified atom stereocenters. The summed E-state index contributed by atoms with van der Waals surface area (Å²) in [7, 11) is 0. The molecule has 0 saturated carbocycles. The van der Waals surface area contributed by atoms with Crippen LogP contribution < -0.4 is 10.1 Å². The molecule has 0 radical (unpaired) electrons. The van der Waals surface area contributed by atoms with E-state index < -0.39 is 17.6 Å². The van der Waals surface area contributed by atoms with Crippen LogP contribution >= 0.6 is 0 Å². The van der Waals surface area contributed by atoms with Gasteiger partial charge in [0.05, 0.1) is 28.9 Å². The number of nitrogens with zero attached hydrogens (tertiary/aromatic N) is 1. The minimum Gasteiger partial charge on any atom is -0.494 e. The van der Waals surface area contributed by atoms with Crippen molar-refractivity contribution >= 4 is 16.8 Å². The summed E-state index contributed by atoms with van der Waals surface area (Å²) in [5.74, 6) is 0.251. The van der Waals surface area contributed by atoms with Gasteiger partial charge in [-0.2, -0.15) is 13.2 Å². The number of hydrogen-bond acceptors (Lipinski definition) is 3. The van der Waals surface area contributed by atoms with Gasteiger partial charge in [0.15, 0.2) is 0 Å². The van der Waals surface area contributed by atoms with Crippen LogP contribution in [0.3, 0.4) is 0 Å². The van der Waals surface area contributed by atoms with Crippen molar-refractivity contribution in [2.24, 2.45) is 0 Å². The Labute approximate surface area is 189 Å². The maximum atomic E-state index is 13.3. The van der Waals surface area contributed by atoms with Crippen molar-refractivity contribution in [3.8, 4) is 17.0 Å². The van der Waals surface area contributed by atoms with Gasteiger partial charge >= 0.3 is 6.18 Å². The number of para-hydroxylation sites is 1. The standard InChI is InChI=1S/C26H21F3N2O2/c1-2-33-19-13-11-17(12-14-19)24-15-21(20-8-4-6-10-23(20)31-24)25(32)30-16-18-7-3-5-9-22(18)26(27,28)29/h3-15H,2,16H2,1H3,(H,30,32). The number of rotatable bonds is 6. The van der Waals surface area contributed by atoms with Gasteiger partial charge in [-0.3, -0.25) is 4.79 Å². The molecule has 0 saturated heterocycles. The molecule has 168 valence electrons. The monoisotopic (exact) mass is 450 g/mol. The summed E-state index contributed by atoms with van der Waals surface area (Å²) in [5, 5.41) is 3.26. The van der Waals surface area contributed by atoms with Gasteiger partial charge < -0.3 is 10.1 Å². The molecule has 0 spiro atoms. The first-order valence-electron chi connectivity index (χ1n) is 10.4. The number of alkyl halides is 3. The quantitative estimate of drug-likeness (QED) is 0.378. The summed E-state index contributed by atoms with van der Waals surface area (Å²) in [5.41, 5.74) is 1.57. The summed E-state index contributed by atoms with van der Waals surface area (Å²) in [6.45, 7) is 2.20. The average Bonchev–Trinajstić information content (AvgIpc) is 2.82. The molecule has 0 atom stereocenters. The topological polar surface area (TPSA) is 51.2 Å². The number of carbonyl (C=O) groups excluding carboxylic acids is 1. The molecule has 1 aromatic heterocycles. The van der Waals surface area contributed by atoms with Crippen LogP contribution in [0.4, 0.5) is 13.2 Å². The van der Waals surface area contributed by atoms with Gasteiger partial charge in [0.1, 0.15) is 5.75 Å². The van der Waals surface area contributed by atoms with Crippen LogP contribution in [0.25, 0.3) is 22.2 Å². The van der Waals surface area contributed by atoms with Crippen molar-refractivity contribution in [1.82, 2.24) is 10.3 Å². The van der Waals surface area contributed by atoms with Crippen molar-refractivity contribution < 1.29 is 22.7 Å². The molecule has 4 rings (SSSR count). The molecule has 0 aliphatic carbocycles. The van der Waals surface area contributed by atoms with Crippen LogP contribution in [0.15, 0.2) is 78.9 Å². The summed E-state index contributed by atoms with van der Waals surface area (Å²) in [6, 6.07) is 21.4. The molecule has 33 heavy (non-hydrogen) atoms. The lowest BCUT2D eigenvalue weighted by Crippen LogP contribution is -2.25. The number of amides is 1. The van der Waals surface area contributed by atoms with Gasteiger partial charge in [0.25, 0.3) is 5.91 Å². The number of carbonyl (C=O) groups is 1.